The van der Waals surface area contributed by atoms with Crippen LogP contribution in [0.15, 0.2) is 52.9 Å². The number of allylic oxidation sites excluding steroid dienone is 1. The maximum Gasteiger partial charge on any atom is 0.155 e. The van der Waals surface area contributed by atoms with Crippen LogP contribution in [0.1, 0.15) is 13.8 Å². The Bertz CT molecular complexity index is 878. The summed E-state index contributed by atoms with van der Waals surface area (Å²) < 4.78 is 5.26. The van der Waals surface area contributed by atoms with Gasteiger partial charge in [-0.05, 0) is 38.1 Å². The Morgan fingerprint density at radius 1 is 1.07 bits per heavy atom. The van der Waals surface area contributed by atoms with Crippen molar-refractivity contribution in [1.82, 2.24) is 14.9 Å². The van der Waals surface area contributed by atoms with Crippen molar-refractivity contribution in [3.8, 4) is 17.0 Å². The summed E-state index contributed by atoms with van der Waals surface area (Å²) >= 11 is 0. The van der Waals surface area contributed by atoms with E-state index in [0.717, 1.165) is 72.5 Å². The SMILES string of the molecule is CN=C(C)/C(CN1CCN(c2nccnc2-c2ccc(OC)cc2)CC1)=C(/C)N. The first kappa shape index (κ1) is 20.8. The molecule has 1 fully saturated rings. The van der Waals surface area contributed by atoms with Crippen LogP contribution in [-0.4, -0.2) is 67.5 Å². The molecule has 29 heavy (non-hydrogen) atoms. The molecule has 0 bridgehead atoms. The fraction of sp³-hybridized carbons (Fsp3) is 0.409. The Morgan fingerprint density at radius 2 is 1.72 bits per heavy atom. The van der Waals surface area contributed by atoms with Gasteiger partial charge in [-0.1, -0.05) is 0 Å². The Balaban J connectivity index is 1.72. The molecule has 2 N–H and O–H groups in total. The minimum Gasteiger partial charge on any atom is -0.497 e. The van der Waals surface area contributed by atoms with Crippen molar-refractivity contribution in [3.05, 3.63) is 47.9 Å². The molecule has 0 saturated carbocycles. The van der Waals surface area contributed by atoms with E-state index in [0.29, 0.717) is 0 Å². The van der Waals surface area contributed by atoms with E-state index in [9.17, 15) is 0 Å². The van der Waals surface area contributed by atoms with E-state index in [-0.39, 0.29) is 0 Å². The van der Waals surface area contributed by atoms with E-state index in [1.807, 2.05) is 45.2 Å². The molecule has 1 aromatic heterocycles. The van der Waals surface area contributed by atoms with Crippen LogP contribution in [-0.2, 0) is 0 Å². The van der Waals surface area contributed by atoms with E-state index in [2.05, 4.69) is 24.8 Å². The van der Waals surface area contributed by atoms with Gasteiger partial charge in [0, 0.05) is 74.7 Å². The van der Waals surface area contributed by atoms with Crippen molar-refractivity contribution >= 4 is 11.5 Å². The number of nitrogens with two attached hydrogens (primary N) is 1. The molecular formula is C22H30N6O. The summed E-state index contributed by atoms with van der Waals surface area (Å²) in [7, 11) is 3.48. The van der Waals surface area contributed by atoms with Crippen LogP contribution < -0.4 is 15.4 Å². The van der Waals surface area contributed by atoms with Gasteiger partial charge in [0.2, 0.25) is 0 Å². The minimum atomic E-state index is 0.825. The number of hydrogen-bond donors (Lipinski definition) is 1. The topological polar surface area (TPSA) is 79.9 Å². The molecule has 0 atom stereocenters. The molecule has 2 heterocycles. The molecule has 2 aromatic rings. The van der Waals surface area contributed by atoms with Crippen LogP contribution >= 0.6 is 0 Å². The maximum atomic E-state index is 6.09. The lowest BCUT2D eigenvalue weighted by atomic mass is 10.1. The lowest BCUT2D eigenvalue weighted by Crippen LogP contribution is -2.48. The molecule has 0 amide bonds. The number of benzene rings is 1. The number of hydrogen-bond acceptors (Lipinski definition) is 7. The molecular weight excluding hydrogens is 364 g/mol. The second-order valence-electron chi connectivity index (χ2n) is 7.19. The molecule has 0 spiro atoms. The summed E-state index contributed by atoms with van der Waals surface area (Å²) in [5, 5.41) is 0. The highest BCUT2D eigenvalue weighted by Gasteiger charge is 2.22. The van der Waals surface area contributed by atoms with Gasteiger partial charge in [-0.3, -0.25) is 14.9 Å². The van der Waals surface area contributed by atoms with E-state index in [1.165, 1.54) is 0 Å². The van der Waals surface area contributed by atoms with Crippen LogP contribution in [0.2, 0.25) is 0 Å². The van der Waals surface area contributed by atoms with Crippen LogP contribution in [0.5, 0.6) is 5.75 Å². The third kappa shape index (κ3) is 4.92. The van der Waals surface area contributed by atoms with Gasteiger partial charge in [-0.15, -0.1) is 0 Å². The summed E-state index contributed by atoms with van der Waals surface area (Å²) in [6, 6.07) is 7.95. The monoisotopic (exact) mass is 394 g/mol. The first-order valence-electron chi connectivity index (χ1n) is 9.85. The third-order valence-corrected chi connectivity index (χ3v) is 5.34. The zero-order valence-corrected chi connectivity index (χ0v) is 17.7. The number of rotatable bonds is 6. The van der Waals surface area contributed by atoms with Crippen molar-refractivity contribution in [2.24, 2.45) is 10.7 Å². The molecule has 7 nitrogen and oxygen atoms in total. The lowest BCUT2D eigenvalue weighted by Gasteiger charge is -2.36. The molecule has 3 rings (SSSR count). The van der Waals surface area contributed by atoms with Gasteiger partial charge in [0.05, 0.1) is 7.11 Å². The fourth-order valence-electron chi connectivity index (χ4n) is 3.52. The minimum absolute atomic E-state index is 0.825. The second-order valence-corrected chi connectivity index (χ2v) is 7.19. The molecule has 1 aromatic carbocycles. The quantitative estimate of drug-likeness (QED) is 0.759. The highest BCUT2D eigenvalue weighted by molar-refractivity contribution is 5.99. The van der Waals surface area contributed by atoms with Gasteiger partial charge in [-0.25, -0.2) is 4.98 Å². The molecule has 0 radical (unpaired) electrons. The first-order chi connectivity index (χ1) is 14.0. The number of piperazine rings is 1. The van der Waals surface area contributed by atoms with Gasteiger partial charge >= 0.3 is 0 Å². The Labute approximate surface area is 172 Å². The van der Waals surface area contributed by atoms with Crippen molar-refractivity contribution in [2.45, 2.75) is 13.8 Å². The molecule has 1 saturated heterocycles. The number of aliphatic imine (C=N–C) groups is 1. The zero-order chi connectivity index (χ0) is 20.8. The lowest BCUT2D eigenvalue weighted by molar-refractivity contribution is 0.280. The molecule has 154 valence electrons. The van der Waals surface area contributed by atoms with Gasteiger partial charge in [0.1, 0.15) is 11.4 Å². The summed E-state index contributed by atoms with van der Waals surface area (Å²) in [4.78, 5) is 18.3. The Morgan fingerprint density at radius 3 is 2.31 bits per heavy atom. The van der Waals surface area contributed by atoms with Crippen LogP contribution in [0.4, 0.5) is 5.82 Å². The Kier molecular flexibility index (Phi) is 6.82. The van der Waals surface area contributed by atoms with Crippen molar-refractivity contribution < 1.29 is 4.74 Å². The summed E-state index contributed by atoms with van der Waals surface area (Å²) in [5.41, 5.74) is 11.0. The van der Waals surface area contributed by atoms with E-state index >= 15 is 0 Å². The number of nitrogens with zero attached hydrogens (tertiary/aromatic N) is 5. The predicted octanol–water partition coefficient (Wildman–Crippen LogP) is 2.60. The highest BCUT2D eigenvalue weighted by Crippen LogP contribution is 2.28. The number of methoxy groups -OCH3 is 1. The van der Waals surface area contributed by atoms with Gasteiger partial charge in [0.25, 0.3) is 0 Å². The highest BCUT2D eigenvalue weighted by atomic mass is 16.5. The molecule has 1 aliphatic heterocycles. The predicted molar refractivity (Wildman–Crippen MR) is 119 cm³/mol. The maximum absolute atomic E-state index is 6.09. The van der Waals surface area contributed by atoms with Crippen LogP contribution in [0, 0.1) is 0 Å². The van der Waals surface area contributed by atoms with E-state index < -0.39 is 0 Å². The van der Waals surface area contributed by atoms with Gasteiger partial charge in [0.15, 0.2) is 5.82 Å². The van der Waals surface area contributed by atoms with Gasteiger partial charge in [-0.2, -0.15) is 0 Å². The summed E-state index contributed by atoms with van der Waals surface area (Å²) in [6.07, 6.45) is 3.50. The van der Waals surface area contributed by atoms with Crippen molar-refractivity contribution in [2.75, 3.05) is 51.8 Å². The molecule has 0 unspecified atom stereocenters. The van der Waals surface area contributed by atoms with E-state index in [1.54, 1.807) is 19.5 Å². The summed E-state index contributed by atoms with van der Waals surface area (Å²) in [5.74, 6) is 1.76. The third-order valence-electron chi connectivity index (χ3n) is 5.34. The van der Waals surface area contributed by atoms with E-state index in [4.69, 9.17) is 10.5 Å². The average Bonchev–Trinajstić information content (AvgIpc) is 2.77. The Hall–Kier alpha value is -2.93. The average molecular weight is 395 g/mol. The summed E-state index contributed by atoms with van der Waals surface area (Å²) in [6.45, 7) is 8.44. The number of aromatic nitrogens is 2. The molecule has 1 aliphatic rings. The molecule has 7 heteroatoms. The van der Waals surface area contributed by atoms with Crippen molar-refractivity contribution in [3.63, 3.8) is 0 Å². The first-order valence-corrected chi connectivity index (χ1v) is 9.85. The van der Waals surface area contributed by atoms with Crippen LogP contribution in [0.3, 0.4) is 0 Å². The smallest absolute Gasteiger partial charge is 0.155 e. The number of ether oxygens (including phenoxy) is 1. The second kappa shape index (κ2) is 9.52. The standard InChI is InChI=1S/C22H30N6O/c1-16(23)20(17(2)24-3)15-27-11-13-28(14-12-27)22-21(25-9-10-26-22)18-5-7-19(29-4)8-6-18/h5-10H,11-15,23H2,1-4H3/b20-16-,24-17?. The molecule has 0 aliphatic carbocycles. The largest absolute Gasteiger partial charge is 0.497 e. The number of anilines is 1. The zero-order valence-electron chi connectivity index (χ0n) is 17.7. The van der Waals surface area contributed by atoms with Crippen molar-refractivity contribution in [1.29, 1.82) is 0 Å². The normalized spacial score (nSPS) is 16.6. The van der Waals surface area contributed by atoms with Crippen LogP contribution in [0.25, 0.3) is 11.3 Å². The fourth-order valence-corrected chi connectivity index (χ4v) is 3.52. The van der Waals surface area contributed by atoms with Gasteiger partial charge < -0.3 is 15.4 Å².